The summed E-state index contributed by atoms with van der Waals surface area (Å²) in [5, 5.41) is 1.12. The summed E-state index contributed by atoms with van der Waals surface area (Å²) in [4.78, 5) is 25.6. The maximum absolute atomic E-state index is 11.4. The number of amides is 1. The highest BCUT2D eigenvalue weighted by Crippen LogP contribution is 2.30. The van der Waals surface area contributed by atoms with E-state index in [-0.39, 0.29) is 11.8 Å². The van der Waals surface area contributed by atoms with E-state index in [1.807, 2.05) is 12.1 Å². The zero-order chi connectivity index (χ0) is 16.5. The topological polar surface area (TPSA) is 75.4 Å². The SMILES string of the molecule is NC(=O)C1CCN(c2nc(N3CCCC3)c3ccccc3n2)CC1. The number of nitrogens with zero attached hydrogens (tertiary/aromatic N) is 4. The van der Waals surface area contributed by atoms with Crippen molar-refractivity contribution in [1.29, 1.82) is 0 Å². The van der Waals surface area contributed by atoms with E-state index in [9.17, 15) is 4.79 Å². The lowest BCUT2D eigenvalue weighted by Gasteiger charge is -2.31. The molecule has 0 saturated carbocycles. The minimum absolute atomic E-state index is 0.0141. The third-order valence-electron chi connectivity index (χ3n) is 5.16. The summed E-state index contributed by atoms with van der Waals surface area (Å²) >= 11 is 0. The highest BCUT2D eigenvalue weighted by Gasteiger charge is 2.26. The number of fused-ring (bicyclic) bond motifs is 1. The molecule has 1 amide bonds. The van der Waals surface area contributed by atoms with Crippen molar-refractivity contribution in [2.45, 2.75) is 25.7 Å². The molecule has 2 aliphatic rings. The lowest BCUT2D eigenvalue weighted by atomic mass is 9.96. The lowest BCUT2D eigenvalue weighted by molar-refractivity contribution is -0.122. The van der Waals surface area contributed by atoms with Gasteiger partial charge in [0.05, 0.1) is 5.52 Å². The Balaban J connectivity index is 1.67. The van der Waals surface area contributed by atoms with Gasteiger partial charge in [-0.25, -0.2) is 4.98 Å². The first-order valence-electron chi connectivity index (χ1n) is 8.78. The van der Waals surface area contributed by atoms with Crippen LogP contribution in [0.5, 0.6) is 0 Å². The number of piperidine rings is 1. The van der Waals surface area contributed by atoms with Crippen molar-refractivity contribution < 1.29 is 4.79 Å². The summed E-state index contributed by atoms with van der Waals surface area (Å²) in [6.07, 6.45) is 4.00. The minimum atomic E-state index is -0.188. The van der Waals surface area contributed by atoms with Gasteiger partial charge in [0, 0.05) is 37.5 Å². The fourth-order valence-electron chi connectivity index (χ4n) is 3.72. The van der Waals surface area contributed by atoms with Gasteiger partial charge in [0.25, 0.3) is 0 Å². The van der Waals surface area contributed by atoms with Gasteiger partial charge in [0.2, 0.25) is 11.9 Å². The van der Waals surface area contributed by atoms with Crippen LogP contribution in [0.2, 0.25) is 0 Å². The smallest absolute Gasteiger partial charge is 0.227 e. The molecule has 0 spiro atoms. The number of aromatic nitrogens is 2. The van der Waals surface area contributed by atoms with Crippen LogP contribution in [0.3, 0.4) is 0 Å². The van der Waals surface area contributed by atoms with E-state index in [2.05, 4.69) is 21.9 Å². The molecular formula is C18H23N5O. The minimum Gasteiger partial charge on any atom is -0.369 e. The van der Waals surface area contributed by atoms with Crippen LogP contribution in [0.4, 0.5) is 11.8 Å². The molecule has 0 atom stereocenters. The van der Waals surface area contributed by atoms with Crippen LogP contribution in [0, 0.1) is 5.92 Å². The first-order chi connectivity index (χ1) is 11.7. The molecule has 4 rings (SSSR count). The molecule has 0 bridgehead atoms. The molecule has 2 N–H and O–H groups in total. The summed E-state index contributed by atoms with van der Waals surface area (Å²) in [6, 6.07) is 8.22. The van der Waals surface area contributed by atoms with Crippen molar-refractivity contribution in [1.82, 2.24) is 9.97 Å². The molecule has 2 fully saturated rings. The Labute approximate surface area is 141 Å². The Hall–Kier alpha value is -2.37. The maximum Gasteiger partial charge on any atom is 0.227 e. The Morgan fingerprint density at radius 2 is 1.71 bits per heavy atom. The Morgan fingerprint density at radius 3 is 2.42 bits per heavy atom. The first-order valence-corrected chi connectivity index (χ1v) is 8.78. The van der Waals surface area contributed by atoms with E-state index in [4.69, 9.17) is 15.7 Å². The van der Waals surface area contributed by atoms with Crippen LogP contribution in [0.15, 0.2) is 24.3 Å². The number of benzene rings is 1. The van der Waals surface area contributed by atoms with Gasteiger partial charge in [0.15, 0.2) is 0 Å². The molecule has 6 nitrogen and oxygen atoms in total. The summed E-state index contributed by atoms with van der Waals surface area (Å²) in [6.45, 7) is 3.69. The van der Waals surface area contributed by atoms with Crippen molar-refractivity contribution in [2.75, 3.05) is 36.0 Å². The number of hydrogen-bond acceptors (Lipinski definition) is 5. The molecule has 126 valence electrons. The second kappa shape index (κ2) is 6.26. The fourth-order valence-corrected chi connectivity index (χ4v) is 3.72. The number of hydrogen-bond donors (Lipinski definition) is 1. The second-order valence-corrected chi connectivity index (χ2v) is 6.72. The number of carbonyl (C=O) groups excluding carboxylic acids is 1. The fraction of sp³-hybridized carbons (Fsp3) is 0.500. The van der Waals surface area contributed by atoms with Crippen LogP contribution in [-0.2, 0) is 4.79 Å². The molecule has 2 aliphatic heterocycles. The van der Waals surface area contributed by atoms with E-state index >= 15 is 0 Å². The average Bonchev–Trinajstić information content (AvgIpc) is 3.15. The normalized spacial score (nSPS) is 19.2. The molecular weight excluding hydrogens is 302 g/mol. The highest BCUT2D eigenvalue weighted by atomic mass is 16.1. The van der Waals surface area contributed by atoms with Crippen molar-refractivity contribution in [2.24, 2.45) is 11.7 Å². The number of anilines is 2. The first kappa shape index (κ1) is 15.2. The summed E-state index contributed by atoms with van der Waals surface area (Å²) in [5.74, 6) is 1.62. The third kappa shape index (κ3) is 2.77. The Bertz CT molecular complexity index is 748. The van der Waals surface area contributed by atoms with Gasteiger partial charge in [-0.15, -0.1) is 0 Å². The van der Waals surface area contributed by atoms with Gasteiger partial charge >= 0.3 is 0 Å². The molecule has 1 aromatic heterocycles. The summed E-state index contributed by atoms with van der Waals surface area (Å²) < 4.78 is 0. The van der Waals surface area contributed by atoms with Gasteiger partial charge < -0.3 is 15.5 Å². The Morgan fingerprint density at radius 1 is 1.00 bits per heavy atom. The van der Waals surface area contributed by atoms with Crippen LogP contribution in [0.1, 0.15) is 25.7 Å². The molecule has 0 aliphatic carbocycles. The van der Waals surface area contributed by atoms with Crippen LogP contribution in [0.25, 0.3) is 10.9 Å². The summed E-state index contributed by atoms with van der Waals surface area (Å²) in [5.41, 5.74) is 6.42. The molecule has 2 aromatic rings. The van der Waals surface area contributed by atoms with E-state index < -0.39 is 0 Å². The number of rotatable bonds is 3. The molecule has 1 aromatic carbocycles. The Kier molecular flexibility index (Phi) is 3.96. The molecule has 6 heteroatoms. The van der Waals surface area contributed by atoms with E-state index in [1.165, 1.54) is 12.8 Å². The van der Waals surface area contributed by atoms with Crippen molar-refractivity contribution in [3.8, 4) is 0 Å². The van der Waals surface area contributed by atoms with Crippen molar-refractivity contribution in [3.63, 3.8) is 0 Å². The number of nitrogens with two attached hydrogens (primary N) is 1. The van der Waals surface area contributed by atoms with Gasteiger partial charge in [-0.05, 0) is 37.8 Å². The standard InChI is InChI=1S/C18H23N5O/c19-16(24)13-7-11-23(12-8-13)18-20-15-6-2-1-5-14(15)17(21-18)22-9-3-4-10-22/h1-2,5-6,13H,3-4,7-12H2,(H2,19,24). The average molecular weight is 325 g/mol. The molecule has 24 heavy (non-hydrogen) atoms. The summed E-state index contributed by atoms with van der Waals surface area (Å²) in [7, 11) is 0. The van der Waals surface area contributed by atoms with Gasteiger partial charge in [-0.3, -0.25) is 4.79 Å². The second-order valence-electron chi connectivity index (χ2n) is 6.72. The van der Waals surface area contributed by atoms with Crippen molar-refractivity contribution in [3.05, 3.63) is 24.3 Å². The molecule has 3 heterocycles. The predicted molar refractivity (Wildman–Crippen MR) is 95.1 cm³/mol. The predicted octanol–water partition coefficient (Wildman–Crippen LogP) is 1.93. The van der Waals surface area contributed by atoms with Crippen LogP contribution < -0.4 is 15.5 Å². The lowest BCUT2D eigenvalue weighted by Crippen LogP contribution is -2.39. The molecule has 0 radical (unpaired) electrons. The zero-order valence-corrected chi connectivity index (χ0v) is 13.8. The van der Waals surface area contributed by atoms with E-state index in [0.717, 1.165) is 61.7 Å². The number of primary amides is 1. The number of para-hydroxylation sites is 1. The number of carbonyl (C=O) groups is 1. The van der Waals surface area contributed by atoms with Crippen molar-refractivity contribution >= 4 is 28.6 Å². The van der Waals surface area contributed by atoms with Gasteiger partial charge in [-0.1, -0.05) is 12.1 Å². The van der Waals surface area contributed by atoms with Gasteiger partial charge in [0.1, 0.15) is 5.82 Å². The molecule has 0 unspecified atom stereocenters. The third-order valence-corrected chi connectivity index (χ3v) is 5.16. The van der Waals surface area contributed by atoms with Crippen LogP contribution in [-0.4, -0.2) is 42.1 Å². The van der Waals surface area contributed by atoms with Gasteiger partial charge in [-0.2, -0.15) is 4.98 Å². The maximum atomic E-state index is 11.4. The largest absolute Gasteiger partial charge is 0.369 e. The van der Waals surface area contributed by atoms with Crippen LogP contribution >= 0.6 is 0 Å². The molecule has 2 saturated heterocycles. The monoisotopic (exact) mass is 325 g/mol. The quantitative estimate of drug-likeness (QED) is 0.933. The van der Waals surface area contributed by atoms with E-state index in [1.54, 1.807) is 0 Å². The zero-order valence-electron chi connectivity index (χ0n) is 13.8. The highest BCUT2D eigenvalue weighted by molar-refractivity contribution is 5.90. The van der Waals surface area contributed by atoms with E-state index in [0.29, 0.717) is 0 Å².